The average Bonchev–Trinajstić information content (AvgIpc) is 3.12. The first-order valence-electron chi connectivity index (χ1n) is 9.60. The molecule has 152 valence electrons. The van der Waals surface area contributed by atoms with Gasteiger partial charge in [-0.1, -0.05) is 61.4 Å². The molecule has 1 N–H and O–H groups in total. The monoisotopic (exact) mass is 421 g/mol. The molecule has 6 nitrogen and oxygen atoms in total. The van der Waals surface area contributed by atoms with E-state index >= 15 is 0 Å². The van der Waals surface area contributed by atoms with Crippen molar-refractivity contribution in [1.29, 1.82) is 0 Å². The van der Waals surface area contributed by atoms with Gasteiger partial charge in [-0.3, -0.25) is 14.9 Å². The number of benzene rings is 1. The molecule has 2 rings (SSSR count). The Bertz CT molecular complexity index is 762. The van der Waals surface area contributed by atoms with Crippen LogP contribution in [0.15, 0.2) is 28.6 Å². The van der Waals surface area contributed by atoms with Gasteiger partial charge in [0.1, 0.15) is 5.25 Å². The molecule has 0 spiro atoms. The van der Waals surface area contributed by atoms with Gasteiger partial charge in [0.2, 0.25) is 5.13 Å². The number of nitrogens with one attached hydrogen (secondary N) is 1. The van der Waals surface area contributed by atoms with E-state index in [0.717, 1.165) is 6.42 Å². The Balaban J connectivity index is 1.86. The number of nitrogens with zero attached hydrogens (tertiary/aromatic N) is 2. The number of hydrogen-bond acceptors (Lipinski definition) is 7. The molecule has 0 radical (unpaired) electrons. The van der Waals surface area contributed by atoms with Crippen molar-refractivity contribution in [2.75, 3.05) is 11.9 Å². The fourth-order valence-electron chi connectivity index (χ4n) is 2.51. The van der Waals surface area contributed by atoms with Crippen molar-refractivity contribution in [2.45, 2.75) is 62.5 Å². The minimum Gasteiger partial charge on any atom is -0.465 e. The molecule has 28 heavy (non-hydrogen) atoms. The third kappa shape index (κ3) is 7.24. The van der Waals surface area contributed by atoms with E-state index in [2.05, 4.69) is 22.4 Å². The second-order valence-electron chi connectivity index (χ2n) is 6.35. The maximum atomic E-state index is 12.4. The van der Waals surface area contributed by atoms with Crippen LogP contribution in [-0.2, 0) is 16.0 Å². The van der Waals surface area contributed by atoms with Crippen LogP contribution in [0.25, 0.3) is 0 Å². The predicted octanol–water partition coefficient (Wildman–Crippen LogP) is 4.96. The summed E-state index contributed by atoms with van der Waals surface area (Å²) in [6.07, 6.45) is 5.95. The van der Waals surface area contributed by atoms with Crippen LogP contribution in [0.4, 0.5) is 5.13 Å². The summed E-state index contributed by atoms with van der Waals surface area (Å²) in [5, 5.41) is 10.8. The molecule has 0 fully saturated rings. The molecular weight excluding hydrogens is 394 g/mol. The highest BCUT2D eigenvalue weighted by atomic mass is 32.2. The van der Waals surface area contributed by atoms with Crippen LogP contribution in [0.3, 0.4) is 0 Å². The molecule has 0 bridgehead atoms. The van der Waals surface area contributed by atoms with E-state index in [9.17, 15) is 9.59 Å². The number of aromatic nitrogens is 2. The molecule has 0 aliphatic carbocycles. The second-order valence-corrected chi connectivity index (χ2v) is 8.91. The Morgan fingerprint density at radius 1 is 1.14 bits per heavy atom. The number of aryl methyl sites for hydroxylation is 1. The van der Waals surface area contributed by atoms with E-state index in [4.69, 9.17) is 4.74 Å². The van der Waals surface area contributed by atoms with E-state index in [-0.39, 0.29) is 17.1 Å². The first-order chi connectivity index (χ1) is 13.5. The summed E-state index contributed by atoms with van der Waals surface area (Å²) in [6.45, 7) is 6.08. The SMILES string of the molecule is CCCCCCc1ccc(C(=O)Nc2nnc(SC(C)C(=O)OCC)s2)cc1. The van der Waals surface area contributed by atoms with Crippen molar-refractivity contribution >= 4 is 40.1 Å². The largest absolute Gasteiger partial charge is 0.465 e. The molecule has 1 heterocycles. The van der Waals surface area contributed by atoms with Gasteiger partial charge in [0.15, 0.2) is 4.34 Å². The van der Waals surface area contributed by atoms with E-state index < -0.39 is 0 Å². The van der Waals surface area contributed by atoms with Gasteiger partial charge in [-0.2, -0.15) is 0 Å². The zero-order chi connectivity index (χ0) is 20.4. The second kappa shape index (κ2) is 11.8. The number of carbonyl (C=O) groups is 2. The Hall–Kier alpha value is -1.93. The van der Waals surface area contributed by atoms with Crippen molar-refractivity contribution in [3.63, 3.8) is 0 Å². The lowest BCUT2D eigenvalue weighted by Crippen LogP contribution is -2.16. The minimum atomic E-state index is -0.374. The van der Waals surface area contributed by atoms with Crippen LogP contribution < -0.4 is 5.32 Å². The van der Waals surface area contributed by atoms with Crippen LogP contribution in [0.2, 0.25) is 0 Å². The smallest absolute Gasteiger partial charge is 0.319 e. The molecular formula is C20H27N3O3S2. The van der Waals surface area contributed by atoms with Gasteiger partial charge in [0.05, 0.1) is 6.61 Å². The number of esters is 1. The van der Waals surface area contributed by atoms with Crippen LogP contribution in [-0.4, -0.2) is 33.9 Å². The Morgan fingerprint density at radius 2 is 1.89 bits per heavy atom. The maximum Gasteiger partial charge on any atom is 0.319 e. The van der Waals surface area contributed by atoms with Crippen LogP contribution in [0.5, 0.6) is 0 Å². The summed E-state index contributed by atoms with van der Waals surface area (Å²) in [5.74, 6) is -0.508. The highest BCUT2D eigenvalue weighted by molar-refractivity contribution is 8.02. The number of amides is 1. The third-order valence-electron chi connectivity index (χ3n) is 4.06. The molecule has 0 saturated carbocycles. The molecule has 1 aromatic carbocycles. The predicted molar refractivity (Wildman–Crippen MR) is 114 cm³/mol. The normalized spacial score (nSPS) is 11.8. The molecule has 2 aromatic rings. The lowest BCUT2D eigenvalue weighted by atomic mass is 10.0. The highest BCUT2D eigenvalue weighted by Crippen LogP contribution is 2.29. The molecule has 8 heteroatoms. The molecule has 1 amide bonds. The van der Waals surface area contributed by atoms with Crippen molar-refractivity contribution in [1.82, 2.24) is 10.2 Å². The first-order valence-corrected chi connectivity index (χ1v) is 11.3. The van der Waals surface area contributed by atoms with Crippen molar-refractivity contribution in [3.05, 3.63) is 35.4 Å². The summed E-state index contributed by atoms with van der Waals surface area (Å²) in [4.78, 5) is 24.1. The lowest BCUT2D eigenvalue weighted by Gasteiger charge is -2.07. The summed E-state index contributed by atoms with van der Waals surface area (Å²) < 4.78 is 5.59. The molecule has 0 aliphatic heterocycles. The van der Waals surface area contributed by atoms with Gasteiger partial charge >= 0.3 is 5.97 Å². The zero-order valence-electron chi connectivity index (χ0n) is 16.6. The summed E-state index contributed by atoms with van der Waals surface area (Å²) in [6, 6.07) is 7.68. The molecule has 1 atom stereocenters. The zero-order valence-corrected chi connectivity index (χ0v) is 18.2. The van der Waals surface area contributed by atoms with Crippen LogP contribution in [0.1, 0.15) is 62.4 Å². The van der Waals surface area contributed by atoms with Crippen LogP contribution >= 0.6 is 23.1 Å². The van der Waals surface area contributed by atoms with E-state index in [0.29, 0.717) is 21.6 Å². The fraction of sp³-hybridized carbons (Fsp3) is 0.500. The molecule has 0 saturated heterocycles. The van der Waals surface area contributed by atoms with Gasteiger partial charge in [-0.25, -0.2) is 0 Å². The maximum absolute atomic E-state index is 12.4. The van der Waals surface area contributed by atoms with Crippen molar-refractivity contribution in [2.24, 2.45) is 0 Å². The number of carbonyl (C=O) groups excluding carboxylic acids is 2. The average molecular weight is 422 g/mol. The summed E-state index contributed by atoms with van der Waals surface area (Å²) in [5.41, 5.74) is 1.83. The number of ether oxygens (including phenoxy) is 1. The van der Waals surface area contributed by atoms with Crippen molar-refractivity contribution < 1.29 is 14.3 Å². The highest BCUT2D eigenvalue weighted by Gasteiger charge is 2.18. The number of thioether (sulfide) groups is 1. The Morgan fingerprint density at radius 3 is 2.57 bits per heavy atom. The van der Waals surface area contributed by atoms with Gasteiger partial charge in [0.25, 0.3) is 5.91 Å². The summed E-state index contributed by atoms with van der Waals surface area (Å²) >= 11 is 2.51. The number of unbranched alkanes of at least 4 members (excludes halogenated alkanes) is 3. The molecule has 0 aliphatic rings. The first kappa shape index (κ1) is 22.4. The number of rotatable bonds is 11. The van der Waals surface area contributed by atoms with E-state index in [1.165, 1.54) is 54.3 Å². The van der Waals surface area contributed by atoms with Gasteiger partial charge in [0, 0.05) is 5.56 Å². The summed E-state index contributed by atoms with van der Waals surface area (Å²) in [7, 11) is 0. The number of anilines is 1. The Kier molecular flexibility index (Phi) is 9.43. The lowest BCUT2D eigenvalue weighted by molar-refractivity contribution is -0.142. The molecule has 1 unspecified atom stereocenters. The third-order valence-corrected chi connectivity index (χ3v) is 6.06. The Labute approximate surface area is 174 Å². The van der Waals surface area contributed by atoms with E-state index in [1.54, 1.807) is 13.8 Å². The van der Waals surface area contributed by atoms with Gasteiger partial charge in [-0.05, 0) is 44.4 Å². The minimum absolute atomic E-state index is 0.219. The van der Waals surface area contributed by atoms with Gasteiger partial charge < -0.3 is 4.74 Å². The number of hydrogen-bond donors (Lipinski definition) is 1. The van der Waals surface area contributed by atoms with Gasteiger partial charge in [-0.15, -0.1) is 10.2 Å². The van der Waals surface area contributed by atoms with Crippen molar-refractivity contribution in [3.8, 4) is 0 Å². The standard InChI is InChI=1S/C20H27N3O3S2/c1-4-6-7-8-9-15-10-12-16(13-11-15)17(24)21-19-22-23-20(28-19)27-14(3)18(25)26-5-2/h10-14H,4-9H2,1-3H3,(H,21,22,24). The molecule has 1 aromatic heterocycles. The fourth-order valence-corrected chi connectivity index (χ4v) is 4.40. The van der Waals surface area contributed by atoms with E-state index in [1.807, 2.05) is 24.3 Å². The van der Waals surface area contributed by atoms with Crippen LogP contribution in [0, 0.1) is 0 Å². The topological polar surface area (TPSA) is 81.2 Å². The quantitative estimate of drug-likeness (QED) is 0.239.